The summed E-state index contributed by atoms with van der Waals surface area (Å²) in [6.45, 7) is 0. The van der Waals surface area contributed by atoms with Crippen LogP contribution in [0.3, 0.4) is 0 Å². The molecule has 0 unspecified atom stereocenters. The Hall–Kier alpha value is -3.01. The van der Waals surface area contributed by atoms with Gasteiger partial charge in [-0.05, 0) is 42.5 Å². The van der Waals surface area contributed by atoms with Gasteiger partial charge >= 0.3 is 0 Å². The van der Waals surface area contributed by atoms with Gasteiger partial charge in [0, 0.05) is 5.02 Å². The van der Waals surface area contributed by atoms with Crippen molar-refractivity contribution in [2.24, 2.45) is 0 Å². The average molecular weight is 488 g/mol. The van der Waals surface area contributed by atoms with Crippen molar-refractivity contribution in [1.82, 2.24) is 8.96 Å². The number of hydrogen-bond donors (Lipinski definition) is 1. The fourth-order valence-corrected chi connectivity index (χ4v) is 5.80. The number of anilines is 1. The standard InChI is InChI=1S/C22H18ClN3O4S2/c1-30-20-12-11-15(23)13-18(20)24-21(27)14-31-22-25-17-9-5-6-10-19(17)26(22)32(28,29)16-7-3-2-4-8-16/h2-13H,14H2,1H3,(H,24,27). The molecule has 3 aromatic carbocycles. The number of fused-ring (bicyclic) bond motifs is 1. The van der Waals surface area contributed by atoms with E-state index in [2.05, 4.69) is 10.3 Å². The number of para-hydroxylation sites is 2. The van der Waals surface area contributed by atoms with Gasteiger partial charge in [0.25, 0.3) is 10.0 Å². The van der Waals surface area contributed by atoms with Crippen molar-refractivity contribution in [2.45, 2.75) is 10.1 Å². The van der Waals surface area contributed by atoms with E-state index >= 15 is 0 Å². The molecule has 4 rings (SSSR count). The van der Waals surface area contributed by atoms with E-state index in [1.807, 2.05) is 0 Å². The van der Waals surface area contributed by atoms with Gasteiger partial charge in [0.05, 0.1) is 34.5 Å². The summed E-state index contributed by atoms with van der Waals surface area (Å²) in [7, 11) is -2.42. The van der Waals surface area contributed by atoms with Crippen molar-refractivity contribution < 1.29 is 17.9 Å². The molecule has 0 aliphatic carbocycles. The third-order valence-corrected chi connectivity index (χ3v) is 7.55. The van der Waals surface area contributed by atoms with E-state index in [1.165, 1.54) is 23.2 Å². The molecule has 164 valence electrons. The van der Waals surface area contributed by atoms with E-state index < -0.39 is 10.0 Å². The number of benzene rings is 3. The summed E-state index contributed by atoms with van der Waals surface area (Å²) in [5.74, 6) is 0.0430. The maximum atomic E-state index is 13.4. The zero-order valence-corrected chi connectivity index (χ0v) is 19.2. The second kappa shape index (κ2) is 9.23. The van der Waals surface area contributed by atoms with E-state index in [0.29, 0.717) is 27.5 Å². The van der Waals surface area contributed by atoms with E-state index in [9.17, 15) is 13.2 Å². The van der Waals surface area contributed by atoms with Gasteiger partial charge in [0.2, 0.25) is 5.91 Å². The second-order valence-electron chi connectivity index (χ2n) is 6.65. The highest BCUT2D eigenvalue weighted by Gasteiger charge is 2.25. The van der Waals surface area contributed by atoms with Gasteiger partial charge in [-0.2, -0.15) is 0 Å². The maximum absolute atomic E-state index is 13.4. The zero-order chi connectivity index (χ0) is 22.7. The summed E-state index contributed by atoms with van der Waals surface area (Å²) in [5, 5.41) is 3.39. The van der Waals surface area contributed by atoms with Crippen molar-refractivity contribution in [2.75, 3.05) is 18.2 Å². The van der Waals surface area contributed by atoms with Crippen LogP contribution >= 0.6 is 23.4 Å². The molecule has 0 bridgehead atoms. The average Bonchev–Trinajstić information content (AvgIpc) is 3.18. The number of carbonyl (C=O) groups excluding carboxylic acids is 1. The number of amides is 1. The lowest BCUT2D eigenvalue weighted by molar-refractivity contribution is -0.113. The zero-order valence-electron chi connectivity index (χ0n) is 16.9. The molecule has 0 radical (unpaired) electrons. The Kier molecular flexibility index (Phi) is 6.40. The number of carbonyl (C=O) groups is 1. The normalized spacial score (nSPS) is 11.4. The summed E-state index contributed by atoms with van der Waals surface area (Å²) in [4.78, 5) is 17.2. The van der Waals surface area contributed by atoms with Crippen molar-refractivity contribution >= 4 is 56.0 Å². The predicted molar refractivity (Wildman–Crippen MR) is 126 cm³/mol. The molecule has 0 aliphatic heterocycles. The van der Waals surface area contributed by atoms with E-state index in [4.69, 9.17) is 16.3 Å². The van der Waals surface area contributed by atoms with Crippen LogP contribution in [-0.2, 0) is 14.8 Å². The number of imidazole rings is 1. The Balaban J connectivity index is 1.64. The minimum atomic E-state index is -3.91. The Labute approximate surface area is 194 Å². The van der Waals surface area contributed by atoms with Crippen molar-refractivity contribution in [3.63, 3.8) is 0 Å². The topological polar surface area (TPSA) is 90.3 Å². The second-order valence-corrected chi connectivity index (χ2v) is 9.81. The number of thioether (sulfide) groups is 1. The van der Waals surface area contributed by atoms with Gasteiger partial charge in [-0.25, -0.2) is 17.4 Å². The van der Waals surface area contributed by atoms with Crippen LogP contribution in [0.5, 0.6) is 5.75 Å². The van der Waals surface area contributed by atoms with Gasteiger partial charge < -0.3 is 10.1 Å². The first-order valence-corrected chi connectivity index (χ1v) is 12.2. The van der Waals surface area contributed by atoms with E-state index in [-0.39, 0.29) is 21.7 Å². The van der Waals surface area contributed by atoms with E-state index in [0.717, 1.165) is 11.8 Å². The Bertz CT molecular complexity index is 1390. The molecule has 10 heteroatoms. The number of ether oxygens (including phenoxy) is 1. The number of halogens is 1. The summed E-state index contributed by atoms with van der Waals surface area (Å²) >= 11 is 7.04. The minimum absolute atomic E-state index is 0.0662. The highest BCUT2D eigenvalue weighted by atomic mass is 35.5. The Morgan fingerprint density at radius 3 is 2.56 bits per heavy atom. The molecule has 4 aromatic rings. The molecule has 1 N–H and O–H groups in total. The molecular formula is C22H18ClN3O4S2. The summed E-state index contributed by atoms with van der Waals surface area (Å²) in [6.07, 6.45) is 0. The molecule has 1 amide bonds. The maximum Gasteiger partial charge on any atom is 0.270 e. The quantitative estimate of drug-likeness (QED) is 0.381. The lowest BCUT2D eigenvalue weighted by atomic mass is 10.3. The lowest BCUT2D eigenvalue weighted by Crippen LogP contribution is -2.17. The van der Waals surface area contributed by atoms with E-state index in [1.54, 1.807) is 60.7 Å². The van der Waals surface area contributed by atoms with Crippen LogP contribution in [0.4, 0.5) is 5.69 Å². The molecule has 0 saturated carbocycles. The van der Waals surface area contributed by atoms with Crippen LogP contribution in [0.15, 0.2) is 82.8 Å². The fourth-order valence-electron chi connectivity index (χ4n) is 3.10. The monoisotopic (exact) mass is 487 g/mol. The molecule has 1 heterocycles. The van der Waals surface area contributed by atoms with Crippen molar-refractivity contribution in [3.05, 3.63) is 77.8 Å². The number of nitrogens with one attached hydrogen (secondary N) is 1. The summed E-state index contributed by atoms with van der Waals surface area (Å²) in [5.41, 5.74) is 1.39. The minimum Gasteiger partial charge on any atom is -0.495 e. The molecular weight excluding hydrogens is 470 g/mol. The van der Waals surface area contributed by atoms with Crippen LogP contribution in [0.1, 0.15) is 0 Å². The van der Waals surface area contributed by atoms with Crippen LogP contribution in [0, 0.1) is 0 Å². The van der Waals surface area contributed by atoms with Crippen LogP contribution in [0.25, 0.3) is 11.0 Å². The van der Waals surface area contributed by atoms with Gasteiger partial charge in [0.1, 0.15) is 5.75 Å². The molecule has 0 fully saturated rings. The third kappa shape index (κ3) is 4.45. The number of hydrogen-bond acceptors (Lipinski definition) is 6. The number of aromatic nitrogens is 2. The van der Waals surface area contributed by atoms with Crippen LogP contribution in [0.2, 0.25) is 5.02 Å². The number of nitrogens with zero attached hydrogens (tertiary/aromatic N) is 2. The molecule has 7 nitrogen and oxygen atoms in total. The van der Waals surface area contributed by atoms with Crippen molar-refractivity contribution in [1.29, 1.82) is 0 Å². The largest absolute Gasteiger partial charge is 0.495 e. The highest BCUT2D eigenvalue weighted by molar-refractivity contribution is 8.00. The molecule has 0 aliphatic rings. The van der Waals surface area contributed by atoms with Gasteiger partial charge in [0.15, 0.2) is 5.16 Å². The molecule has 0 atom stereocenters. The molecule has 32 heavy (non-hydrogen) atoms. The van der Waals surface area contributed by atoms with Gasteiger partial charge in [-0.3, -0.25) is 4.79 Å². The first kappa shape index (κ1) is 22.2. The fraction of sp³-hybridized carbons (Fsp3) is 0.0909. The number of methoxy groups -OCH3 is 1. The smallest absolute Gasteiger partial charge is 0.270 e. The third-order valence-electron chi connectivity index (χ3n) is 4.54. The number of rotatable bonds is 7. The summed E-state index contributed by atoms with van der Waals surface area (Å²) in [6, 6.07) is 19.9. The SMILES string of the molecule is COc1ccc(Cl)cc1NC(=O)CSc1nc2ccccc2n1S(=O)(=O)c1ccccc1. The lowest BCUT2D eigenvalue weighted by Gasteiger charge is -2.12. The van der Waals surface area contributed by atoms with Crippen molar-refractivity contribution in [3.8, 4) is 5.75 Å². The Morgan fingerprint density at radius 2 is 1.81 bits per heavy atom. The first-order chi connectivity index (χ1) is 15.4. The first-order valence-electron chi connectivity index (χ1n) is 9.44. The molecule has 1 aromatic heterocycles. The van der Waals surface area contributed by atoms with Crippen LogP contribution < -0.4 is 10.1 Å². The summed E-state index contributed by atoms with van der Waals surface area (Å²) < 4.78 is 33.1. The predicted octanol–water partition coefficient (Wildman–Crippen LogP) is 4.67. The molecule has 0 saturated heterocycles. The Morgan fingerprint density at radius 1 is 1.09 bits per heavy atom. The highest BCUT2D eigenvalue weighted by Crippen LogP contribution is 2.30. The molecule has 0 spiro atoms. The van der Waals surface area contributed by atoms with Gasteiger partial charge in [-0.1, -0.05) is 53.7 Å². The van der Waals surface area contributed by atoms with Gasteiger partial charge in [-0.15, -0.1) is 0 Å². The van der Waals surface area contributed by atoms with Crippen LogP contribution in [-0.4, -0.2) is 36.1 Å².